The molecule has 0 unspecified atom stereocenters. The van der Waals surface area contributed by atoms with Gasteiger partial charge in [0.15, 0.2) is 0 Å². The second kappa shape index (κ2) is 5.50. The van der Waals surface area contributed by atoms with Gasteiger partial charge >= 0.3 is 0 Å². The fourth-order valence-corrected chi connectivity index (χ4v) is 1.62. The van der Waals surface area contributed by atoms with Gasteiger partial charge in [-0.05, 0) is 44.9 Å². The standard InChI is InChI=1S/C12H16BrFO/c1-12(2,14)7-4-8-15-11-6-3-5-10(13)9-11/h3,5-6,9H,4,7-8H2,1-2H3. The smallest absolute Gasteiger partial charge is 0.120 e. The predicted molar refractivity (Wildman–Crippen MR) is 64.1 cm³/mol. The molecule has 0 fully saturated rings. The lowest BCUT2D eigenvalue weighted by Crippen LogP contribution is -2.13. The van der Waals surface area contributed by atoms with Crippen molar-refractivity contribution >= 4 is 15.9 Å². The highest BCUT2D eigenvalue weighted by molar-refractivity contribution is 9.10. The van der Waals surface area contributed by atoms with Crippen LogP contribution in [0.1, 0.15) is 26.7 Å². The molecule has 0 aliphatic rings. The molecule has 84 valence electrons. The van der Waals surface area contributed by atoms with Crippen molar-refractivity contribution in [3.8, 4) is 5.75 Å². The molecule has 1 aromatic rings. The second-order valence-electron chi connectivity index (χ2n) is 4.13. The van der Waals surface area contributed by atoms with Crippen LogP contribution in [0.3, 0.4) is 0 Å². The first-order valence-electron chi connectivity index (χ1n) is 5.05. The zero-order valence-corrected chi connectivity index (χ0v) is 10.7. The van der Waals surface area contributed by atoms with Gasteiger partial charge in [-0.25, -0.2) is 4.39 Å². The van der Waals surface area contributed by atoms with Gasteiger partial charge in [-0.15, -0.1) is 0 Å². The minimum Gasteiger partial charge on any atom is -0.494 e. The minimum absolute atomic E-state index is 0.529. The fourth-order valence-electron chi connectivity index (χ4n) is 1.24. The number of benzene rings is 1. The summed E-state index contributed by atoms with van der Waals surface area (Å²) in [5.41, 5.74) is -1.10. The summed E-state index contributed by atoms with van der Waals surface area (Å²) in [6, 6.07) is 7.65. The molecular weight excluding hydrogens is 259 g/mol. The largest absolute Gasteiger partial charge is 0.494 e. The molecule has 0 bridgehead atoms. The lowest BCUT2D eigenvalue weighted by Gasteiger charge is -2.13. The molecular formula is C12H16BrFO. The van der Waals surface area contributed by atoms with E-state index < -0.39 is 5.67 Å². The van der Waals surface area contributed by atoms with Crippen molar-refractivity contribution < 1.29 is 9.13 Å². The monoisotopic (exact) mass is 274 g/mol. The normalized spacial score (nSPS) is 11.5. The van der Waals surface area contributed by atoms with Gasteiger partial charge in [0.2, 0.25) is 0 Å². The summed E-state index contributed by atoms with van der Waals surface area (Å²) in [7, 11) is 0. The van der Waals surface area contributed by atoms with Crippen LogP contribution in [-0.4, -0.2) is 12.3 Å². The molecule has 0 aliphatic heterocycles. The number of rotatable bonds is 5. The minimum atomic E-state index is -1.10. The van der Waals surface area contributed by atoms with Crippen LogP contribution in [0.5, 0.6) is 5.75 Å². The maximum atomic E-state index is 13.1. The molecule has 0 N–H and O–H groups in total. The van der Waals surface area contributed by atoms with E-state index in [1.54, 1.807) is 13.8 Å². The molecule has 0 amide bonds. The van der Waals surface area contributed by atoms with E-state index in [4.69, 9.17) is 4.74 Å². The van der Waals surface area contributed by atoms with E-state index in [2.05, 4.69) is 15.9 Å². The van der Waals surface area contributed by atoms with Crippen molar-refractivity contribution in [3.05, 3.63) is 28.7 Å². The Hall–Kier alpha value is -0.570. The van der Waals surface area contributed by atoms with Crippen LogP contribution >= 0.6 is 15.9 Å². The van der Waals surface area contributed by atoms with Crippen LogP contribution < -0.4 is 4.74 Å². The second-order valence-corrected chi connectivity index (χ2v) is 5.04. The summed E-state index contributed by atoms with van der Waals surface area (Å²) in [6.07, 6.45) is 1.26. The van der Waals surface area contributed by atoms with Gasteiger partial charge < -0.3 is 4.74 Å². The summed E-state index contributed by atoms with van der Waals surface area (Å²) in [5, 5.41) is 0. The van der Waals surface area contributed by atoms with Crippen LogP contribution in [0.15, 0.2) is 28.7 Å². The summed E-state index contributed by atoms with van der Waals surface area (Å²) >= 11 is 3.36. The van der Waals surface area contributed by atoms with Crippen LogP contribution in [0.2, 0.25) is 0 Å². The Kier molecular flexibility index (Phi) is 4.58. The maximum absolute atomic E-state index is 13.1. The molecule has 0 heterocycles. The van der Waals surface area contributed by atoms with Gasteiger partial charge in [0, 0.05) is 4.47 Å². The molecule has 1 nitrogen and oxygen atoms in total. The van der Waals surface area contributed by atoms with Crippen molar-refractivity contribution in [2.75, 3.05) is 6.61 Å². The Bertz CT molecular complexity index is 307. The number of halogens is 2. The van der Waals surface area contributed by atoms with Crippen LogP contribution in [0.4, 0.5) is 4.39 Å². The first-order valence-corrected chi connectivity index (χ1v) is 5.84. The number of hydrogen-bond donors (Lipinski definition) is 0. The predicted octanol–water partition coefficient (Wildman–Crippen LogP) is 4.36. The number of alkyl halides is 1. The summed E-state index contributed by atoms with van der Waals surface area (Å²) in [5.74, 6) is 0.820. The highest BCUT2D eigenvalue weighted by Gasteiger charge is 2.14. The van der Waals surface area contributed by atoms with Gasteiger partial charge in [-0.3, -0.25) is 0 Å². The Balaban J connectivity index is 2.26. The topological polar surface area (TPSA) is 9.23 Å². The van der Waals surface area contributed by atoms with E-state index in [9.17, 15) is 4.39 Å². The van der Waals surface area contributed by atoms with Crippen molar-refractivity contribution in [1.29, 1.82) is 0 Å². The Morgan fingerprint density at radius 1 is 1.40 bits per heavy atom. The van der Waals surface area contributed by atoms with Crippen LogP contribution in [0.25, 0.3) is 0 Å². The molecule has 1 rings (SSSR count). The molecule has 0 spiro atoms. The average Bonchev–Trinajstić information content (AvgIpc) is 2.11. The summed E-state index contributed by atoms with van der Waals surface area (Å²) < 4.78 is 19.6. The van der Waals surface area contributed by atoms with Crippen molar-refractivity contribution in [2.24, 2.45) is 0 Å². The first kappa shape index (κ1) is 12.5. The molecule has 0 atom stereocenters. The molecule has 0 aliphatic carbocycles. The van der Waals surface area contributed by atoms with Crippen molar-refractivity contribution in [3.63, 3.8) is 0 Å². The van der Waals surface area contributed by atoms with E-state index in [0.29, 0.717) is 13.0 Å². The Labute approximate surface area is 98.8 Å². The maximum Gasteiger partial charge on any atom is 0.120 e. The highest BCUT2D eigenvalue weighted by atomic mass is 79.9. The number of ether oxygens (including phenoxy) is 1. The molecule has 0 aromatic heterocycles. The molecule has 0 saturated heterocycles. The summed E-state index contributed by atoms with van der Waals surface area (Å²) in [4.78, 5) is 0. The van der Waals surface area contributed by atoms with Crippen LogP contribution in [-0.2, 0) is 0 Å². The number of hydrogen-bond acceptors (Lipinski definition) is 1. The zero-order valence-electron chi connectivity index (χ0n) is 9.09. The van der Waals surface area contributed by atoms with E-state index in [-0.39, 0.29) is 0 Å². The molecule has 15 heavy (non-hydrogen) atoms. The molecule has 0 saturated carbocycles. The Morgan fingerprint density at radius 2 is 2.13 bits per heavy atom. The SMILES string of the molecule is CC(C)(F)CCCOc1cccc(Br)c1. The third kappa shape index (κ3) is 5.78. The van der Waals surface area contributed by atoms with Gasteiger partial charge in [0.05, 0.1) is 6.61 Å². The van der Waals surface area contributed by atoms with Crippen molar-refractivity contribution in [1.82, 2.24) is 0 Å². The van der Waals surface area contributed by atoms with Gasteiger partial charge in [0.1, 0.15) is 11.4 Å². The van der Waals surface area contributed by atoms with E-state index in [0.717, 1.165) is 16.6 Å². The summed E-state index contributed by atoms with van der Waals surface area (Å²) in [6.45, 7) is 3.74. The lowest BCUT2D eigenvalue weighted by atomic mass is 10.1. The quantitative estimate of drug-likeness (QED) is 0.725. The third-order valence-corrected chi connectivity index (χ3v) is 2.47. The van der Waals surface area contributed by atoms with Gasteiger partial charge in [0.25, 0.3) is 0 Å². The van der Waals surface area contributed by atoms with E-state index in [1.807, 2.05) is 24.3 Å². The van der Waals surface area contributed by atoms with E-state index in [1.165, 1.54) is 0 Å². The van der Waals surface area contributed by atoms with Crippen molar-refractivity contribution in [2.45, 2.75) is 32.4 Å². The molecule has 1 aromatic carbocycles. The van der Waals surface area contributed by atoms with Gasteiger partial charge in [-0.1, -0.05) is 22.0 Å². The zero-order chi connectivity index (χ0) is 11.3. The van der Waals surface area contributed by atoms with Gasteiger partial charge in [-0.2, -0.15) is 0 Å². The highest BCUT2D eigenvalue weighted by Crippen LogP contribution is 2.19. The molecule has 0 radical (unpaired) electrons. The Morgan fingerprint density at radius 3 is 2.73 bits per heavy atom. The first-order chi connectivity index (χ1) is 6.97. The van der Waals surface area contributed by atoms with Crippen LogP contribution in [0, 0.1) is 0 Å². The fraction of sp³-hybridized carbons (Fsp3) is 0.500. The average molecular weight is 275 g/mol. The van der Waals surface area contributed by atoms with E-state index >= 15 is 0 Å². The third-order valence-electron chi connectivity index (χ3n) is 1.98. The molecule has 3 heteroatoms. The lowest BCUT2D eigenvalue weighted by molar-refractivity contribution is 0.180.